The molecular weight excluding hydrogens is 371 g/mol. The lowest BCUT2D eigenvalue weighted by Crippen LogP contribution is -2.35. The van der Waals surface area contributed by atoms with Gasteiger partial charge in [0.05, 0.1) is 11.3 Å². The number of rotatable bonds is 3. The van der Waals surface area contributed by atoms with Gasteiger partial charge in [-0.3, -0.25) is 14.7 Å². The van der Waals surface area contributed by atoms with E-state index in [2.05, 4.69) is 19.9 Å². The first-order chi connectivity index (χ1) is 12.6. The van der Waals surface area contributed by atoms with Gasteiger partial charge < -0.3 is 4.98 Å². The molecule has 2 aromatic heterocycles. The summed E-state index contributed by atoms with van der Waals surface area (Å²) < 4.78 is 0. The Labute approximate surface area is 160 Å². The highest BCUT2D eigenvalue weighted by atomic mass is 35.5. The monoisotopic (exact) mass is 386 g/mol. The summed E-state index contributed by atoms with van der Waals surface area (Å²) in [5, 5.41) is 1.28. The van der Waals surface area contributed by atoms with Crippen molar-refractivity contribution in [3.63, 3.8) is 0 Å². The predicted octanol–water partition coefficient (Wildman–Crippen LogP) is 3.70. The van der Waals surface area contributed by atoms with Gasteiger partial charge in [-0.1, -0.05) is 29.3 Å². The second-order valence-electron chi connectivity index (χ2n) is 6.24. The number of aromatic amines is 1. The first kappa shape index (κ1) is 17.2. The number of aromatic nitrogens is 3. The average Bonchev–Trinajstić information content (AvgIpc) is 2.66. The smallest absolute Gasteiger partial charge is 0.255 e. The molecule has 0 aliphatic carbocycles. The molecular formula is C19H16Cl2N4O. The van der Waals surface area contributed by atoms with Gasteiger partial charge in [-0.25, -0.2) is 4.98 Å². The van der Waals surface area contributed by atoms with Gasteiger partial charge in [-0.2, -0.15) is 0 Å². The second kappa shape index (κ2) is 7.19. The average molecular weight is 387 g/mol. The van der Waals surface area contributed by atoms with Crippen LogP contribution in [0.25, 0.3) is 11.4 Å². The van der Waals surface area contributed by atoms with E-state index >= 15 is 0 Å². The molecule has 26 heavy (non-hydrogen) atoms. The fraction of sp³-hybridized carbons (Fsp3) is 0.211. The van der Waals surface area contributed by atoms with Crippen molar-refractivity contribution in [1.29, 1.82) is 0 Å². The van der Waals surface area contributed by atoms with Crippen molar-refractivity contribution in [2.24, 2.45) is 0 Å². The predicted molar refractivity (Wildman–Crippen MR) is 102 cm³/mol. The maximum absolute atomic E-state index is 12.6. The fourth-order valence-corrected chi connectivity index (χ4v) is 3.69. The van der Waals surface area contributed by atoms with Gasteiger partial charge in [0, 0.05) is 59.6 Å². The highest BCUT2D eigenvalue weighted by molar-refractivity contribution is 6.35. The van der Waals surface area contributed by atoms with E-state index in [-0.39, 0.29) is 5.56 Å². The Morgan fingerprint density at radius 2 is 1.85 bits per heavy atom. The zero-order chi connectivity index (χ0) is 18.1. The lowest BCUT2D eigenvalue weighted by Gasteiger charge is -2.28. The highest BCUT2D eigenvalue weighted by Crippen LogP contribution is 2.27. The maximum atomic E-state index is 12.6. The van der Waals surface area contributed by atoms with E-state index in [1.807, 2.05) is 30.3 Å². The third kappa shape index (κ3) is 3.38. The van der Waals surface area contributed by atoms with Crippen LogP contribution in [0, 0.1) is 0 Å². The largest absolute Gasteiger partial charge is 0.306 e. The fourth-order valence-electron chi connectivity index (χ4n) is 3.17. The summed E-state index contributed by atoms with van der Waals surface area (Å²) in [5.41, 5.74) is 3.19. The van der Waals surface area contributed by atoms with Crippen LogP contribution in [0.4, 0.5) is 0 Å². The Morgan fingerprint density at radius 1 is 1.12 bits per heavy atom. The Hall–Kier alpha value is -2.21. The molecule has 3 aromatic rings. The quantitative estimate of drug-likeness (QED) is 0.745. The van der Waals surface area contributed by atoms with E-state index < -0.39 is 0 Å². The Bertz CT molecular complexity index is 984. The van der Waals surface area contributed by atoms with Crippen molar-refractivity contribution in [2.45, 2.75) is 19.5 Å². The number of hydrogen-bond acceptors (Lipinski definition) is 4. The number of nitrogens with zero attached hydrogens (tertiary/aromatic N) is 3. The Kier molecular flexibility index (Phi) is 4.76. The highest BCUT2D eigenvalue weighted by Gasteiger charge is 2.22. The van der Waals surface area contributed by atoms with Crippen LogP contribution in [-0.2, 0) is 19.5 Å². The third-order valence-electron chi connectivity index (χ3n) is 4.54. The van der Waals surface area contributed by atoms with Crippen LogP contribution in [-0.4, -0.2) is 26.4 Å². The van der Waals surface area contributed by atoms with Gasteiger partial charge in [-0.15, -0.1) is 0 Å². The van der Waals surface area contributed by atoms with Gasteiger partial charge in [0.15, 0.2) is 0 Å². The van der Waals surface area contributed by atoms with Crippen molar-refractivity contribution in [1.82, 2.24) is 19.9 Å². The van der Waals surface area contributed by atoms with Crippen molar-refractivity contribution in [3.05, 3.63) is 79.9 Å². The number of pyridine rings is 1. The van der Waals surface area contributed by atoms with Crippen molar-refractivity contribution >= 4 is 23.2 Å². The number of hydrogen-bond donors (Lipinski definition) is 1. The summed E-state index contributed by atoms with van der Waals surface area (Å²) in [6, 6.07) is 9.15. The number of H-pyrrole nitrogens is 1. The summed E-state index contributed by atoms with van der Waals surface area (Å²) >= 11 is 12.5. The summed E-state index contributed by atoms with van der Waals surface area (Å²) in [4.78, 5) is 26.3. The Morgan fingerprint density at radius 3 is 2.58 bits per heavy atom. The van der Waals surface area contributed by atoms with Gasteiger partial charge in [-0.05, 0) is 24.3 Å². The van der Waals surface area contributed by atoms with Gasteiger partial charge in [0.25, 0.3) is 5.56 Å². The van der Waals surface area contributed by atoms with Crippen molar-refractivity contribution in [3.8, 4) is 11.4 Å². The molecule has 1 N–H and O–H groups in total. The van der Waals surface area contributed by atoms with Crippen molar-refractivity contribution < 1.29 is 0 Å². The number of nitrogens with one attached hydrogen (secondary N) is 1. The number of benzene rings is 1. The molecule has 1 aliphatic rings. The maximum Gasteiger partial charge on any atom is 0.255 e. The molecule has 1 aliphatic heterocycles. The van der Waals surface area contributed by atoms with Crippen LogP contribution in [0.15, 0.2) is 47.5 Å². The molecule has 0 fully saturated rings. The summed E-state index contributed by atoms with van der Waals surface area (Å²) in [7, 11) is 0. The Balaban J connectivity index is 1.61. The lowest BCUT2D eigenvalue weighted by molar-refractivity contribution is 0.242. The zero-order valence-electron chi connectivity index (χ0n) is 13.9. The standard InChI is InChI=1S/C19H16Cl2N4O/c20-15-2-1-3-16(21)13(15)10-25-9-6-17-14(11-25)19(26)24-18(23-17)12-4-7-22-8-5-12/h1-5,7-8H,6,9-11H2,(H,23,24,26). The van der Waals surface area contributed by atoms with E-state index in [9.17, 15) is 4.79 Å². The zero-order valence-corrected chi connectivity index (χ0v) is 15.4. The van der Waals surface area contributed by atoms with E-state index in [0.29, 0.717) is 40.9 Å². The summed E-state index contributed by atoms with van der Waals surface area (Å²) in [6.07, 6.45) is 4.08. The van der Waals surface area contributed by atoms with Crippen LogP contribution in [0.5, 0.6) is 0 Å². The minimum Gasteiger partial charge on any atom is -0.306 e. The number of halogens is 2. The third-order valence-corrected chi connectivity index (χ3v) is 5.25. The normalized spacial score (nSPS) is 14.2. The minimum absolute atomic E-state index is 0.100. The molecule has 5 nitrogen and oxygen atoms in total. The van der Waals surface area contributed by atoms with Gasteiger partial charge >= 0.3 is 0 Å². The summed E-state index contributed by atoms with van der Waals surface area (Å²) in [6.45, 7) is 1.92. The van der Waals surface area contributed by atoms with E-state index in [0.717, 1.165) is 23.4 Å². The van der Waals surface area contributed by atoms with Gasteiger partial charge in [0.2, 0.25) is 0 Å². The molecule has 0 bridgehead atoms. The molecule has 132 valence electrons. The van der Waals surface area contributed by atoms with Crippen LogP contribution in [0.1, 0.15) is 16.8 Å². The van der Waals surface area contributed by atoms with E-state index in [1.54, 1.807) is 12.4 Å². The number of fused-ring (bicyclic) bond motifs is 1. The minimum atomic E-state index is -0.100. The second-order valence-corrected chi connectivity index (χ2v) is 7.05. The first-order valence-electron chi connectivity index (χ1n) is 8.29. The molecule has 3 heterocycles. The topological polar surface area (TPSA) is 61.9 Å². The van der Waals surface area contributed by atoms with Crippen molar-refractivity contribution in [2.75, 3.05) is 6.54 Å². The lowest BCUT2D eigenvalue weighted by atomic mass is 10.1. The SMILES string of the molecule is O=c1[nH]c(-c2ccncc2)nc2c1CN(Cc1c(Cl)cccc1Cl)CC2. The van der Waals surface area contributed by atoms with Crippen LogP contribution < -0.4 is 5.56 Å². The molecule has 0 radical (unpaired) electrons. The molecule has 0 spiro atoms. The molecule has 0 unspecified atom stereocenters. The first-order valence-corrected chi connectivity index (χ1v) is 9.05. The summed E-state index contributed by atoms with van der Waals surface area (Å²) in [5.74, 6) is 0.582. The van der Waals surface area contributed by atoms with E-state index in [4.69, 9.17) is 23.2 Å². The van der Waals surface area contributed by atoms with Crippen LogP contribution in [0.3, 0.4) is 0 Å². The molecule has 4 rings (SSSR count). The van der Waals surface area contributed by atoms with Gasteiger partial charge in [0.1, 0.15) is 5.82 Å². The van der Waals surface area contributed by atoms with E-state index in [1.165, 1.54) is 0 Å². The molecule has 7 heteroatoms. The van der Waals surface area contributed by atoms with Crippen LogP contribution >= 0.6 is 23.2 Å². The molecule has 0 saturated carbocycles. The molecule has 0 saturated heterocycles. The molecule has 0 atom stereocenters. The molecule has 1 aromatic carbocycles. The van der Waals surface area contributed by atoms with Crippen LogP contribution in [0.2, 0.25) is 10.0 Å². The molecule has 0 amide bonds.